The lowest BCUT2D eigenvalue weighted by Crippen LogP contribution is -2.34. The first-order valence-corrected chi connectivity index (χ1v) is 7.96. The molecule has 3 nitrogen and oxygen atoms in total. The molecular formula is C11H15BrFNO2S. The number of sulfone groups is 1. The highest BCUT2D eigenvalue weighted by molar-refractivity contribution is 9.10. The van der Waals surface area contributed by atoms with E-state index in [0.717, 1.165) is 10.0 Å². The molecule has 1 aromatic carbocycles. The Kier molecular flexibility index (Phi) is 5.09. The minimum Gasteiger partial charge on any atom is -0.316 e. The molecule has 0 amide bonds. The van der Waals surface area contributed by atoms with Crippen molar-refractivity contribution in [2.75, 3.05) is 19.1 Å². The normalized spacial score (nSPS) is 13.6. The smallest absolute Gasteiger partial charge is 0.148 e. The molecule has 0 saturated heterocycles. The Bertz CT molecular complexity index is 490. The van der Waals surface area contributed by atoms with Gasteiger partial charge in [-0.2, -0.15) is 0 Å². The Morgan fingerprint density at radius 3 is 2.65 bits per heavy atom. The maximum Gasteiger partial charge on any atom is 0.148 e. The first kappa shape index (κ1) is 14.6. The van der Waals surface area contributed by atoms with E-state index in [-0.39, 0.29) is 17.6 Å². The molecule has 0 radical (unpaired) electrons. The van der Waals surface area contributed by atoms with Crippen molar-refractivity contribution in [2.24, 2.45) is 0 Å². The zero-order chi connectivity index (χ0) is 13.1. The third-order valence-corrected chi connectivity index (χ3v) is 4.17. The van der Waals surface area contributed by atoms with E-state index in [0.29, 0.717) is 6.42 Å². The fraction of sp³-hybridized carbons (Fsp3) is 0.455. The number of rotatable bonds is 5. The van der Waals surface area contributed by atoms with Gasteiger partial charge in [0.15, 0.2) is 0 Å². The molecule has 1 atom stereocenters. The molecule has 0 bridgehead atoms. The second-order valence-electron chi connectivity index (χ2n) is 4.02. The molecule has 1 rings (SSSR count). The molecule has 1 aromatic rings. The number of nitrogens with one attached hydrogen (secondary N) is 1. The third-order valence-electron chi connectivity index (χ3n) is 2.39. The number of hydrogen-bond donors (Lipinski definition) is 1. The van der Waals surface area contributed by atoms with Crippen molar-refractivity contribution in [3.8, 4) is 0 Å². The number of benzene rings is 1. The maximum atomic E-state index is 13.1. The molecule has 1 N–H and O–H groups in total. The minimum atomic E-state index is -3.05. The van der Waals surface area contributed by atoms with Gasteiger partial charge in [-0.05, 0) is 37.2 Å². The number of likely N-dealkylation sites (N-methyl/N-ethyl adjacent to an activating group) is 1. The molecule has 0 aliphatic rings. The van der Waals surface area contributed by atoms with Gasteiger partial charge in [0.2, 0.25) is 0 Å². The lowest BCUT2D eigenvalue weighted by molar-refractivity contribution is 0.564. The van der Waals surface area contributed by atoms with Crippen LogP contribution in [0.4, 0.5) is 4.39 Å². The van der Waals surface area contributed by atoms with Gasteiger partial charge >= 0.3 is 0 Å². The first-order valence-electron chi connectivity index (χ1n) is 5.10. The van der Waals surface area contributed by atoms with Gasteiger partial charge in [-0.1, -0.05) is 15.9 Å². The second-order valence-corrected chi connectivity index (χ2v) is 7.06. The topological polar surface area (TPSA) is 46.2 Å². The van der Waals surface area contributed by atoms with Crippen LogP contribution >= 0.6 is 15.9 Å². The van der Waals surface area contributed by atoms with Crippen LogP contribution in [0.25, 0.3) is 0 Å². The summed E-state index contributed by atoms with van der Waals surface area (Å²) in [5.74, 6) is -0.288. The number of hydrogen-bond acceptors (Lipinski definition) is 3. The Labute approximate surface area is 109 Å². The molecule has 0 aromatic heterocycles. The summed E-state index contributed by atoms with van der Waals surface area (Å²) in [6.07, 6.45) is 1.65. The molecule has 0 aliphatic carbocycles. The van der Waals surface area contributed by atoms with Gasteiger partial charge in [-0.15, -0.1) is 0 Å². The van der Waals surface area contributed by atoms with Crippen LogP contribution < -0.4 is 5.32 Å². The standard InChI is InChI=1S/C11H15BrFNO2S/c1-14-10(7-17(2,15)16)6-8-5-9(13)3-4-11(8)12/h3-5,10,14H,6-7H2,1-2H3. The van der Waals surface area contributed by atoms with Crippen LogP contribution in [0.1, 0.15) is 5.56 Å². The monoisotopic (exact) mass is 323 g/mol. The summed E-state index contributed by atoms with van der Waals surface area (Å²) < 4.78 is 36.3. The summed E-state index contributed by atoms with van der Waals surface area (Å²) in [7, 11) is -1.35. The largest absolute Gasteiger partial charge is 0.316 e. The van der Waals surface area contributed by atoms with E-state index in [1.165, 1.54) is 18.4 Å². The fourth-order valence-electron chi connectivity index (χ4n) is 1.57. The van der Waals surface area contributed by atoms with E-state index >= 15 is 0 Å². The van der Waals surface area contributed by atoms with Gasteiger partial charge in [0, 0.05) is 16.8 Å². The van der Waals surface area contributed by atoms with Crippen LogP contribution in [-0.2, 0) is 16.3 Å². The van der Waals surface area contributed by atoms with Crippen molar-refractivity contribution >= 4 is 25.8 Å². The Balaban J connectivity index is 2.84. The van der Waals surface area contributed by atoms with Gasteiger partial charge in [-0.3, -0.25) is 0 Å². The molecule has 0 spiro atoms. The molecular weight excluding hydrogens is 309 g/mol. The zero-order valence-corrected chi connectivity index (χ0v) is 12.1. The van der Waals surface area contributed by atoms with Crippen molar-refractivity contribution in [1.29, 1.82) is 0 Å². The van der Waals surface area contributed by atoms with Crippen LogP contribution in [0.5, 0.6) is 0 Å². The van der Waals surface area contributed by atoms with Crippen molar-refractivity contribution in [1.82, 2.24) is 5.32 Å². The highest BCUT2D eigenvalue weighted by Crippen LogP contribution is 2.19. The van der Waals surface area contributed by atoms with E-state index in [1.807, 2.05) is 0 Å². The summed E-state index contributed by atoms with van der Waals surface area (Å²) >= 11 is 3.32. The summed E-state index contributed by atoms with van der Waals surface area (Å²) in [5.41, 5.74) is 0.757. The van der Waals surface area contributed by atoms with Gasteiger partial charge < -0.3 is 5.32 Å². The van der Waals surface area contributed by atoms with Crippen LogP contribution in [-0.4, -0.2) is 33.5 Å². The molecule has 0 fully saturated rings. The molecule has 17 heavy (non-hydrogen) atoms. The van der Waals surface area contributed by atoms with Crippen LogP contribution in [0.2, 0.25) is 0 Å². The van der Waals surface area contributed by atoms with Crippen molar-refractivity contribution in [2.45, 2.75) is 12.5 Å². The predicted molar refractivity (Wildman–Crippen MR) is 70.4 cm³/mol. The van der Waals surface area contributed by atoms with Crippen LogP contribution in [0, 0.1) is 5.82 Å². The fourth-order valence-corrected chi connectivity index (χ4v) is 3.00. The number of halogens is 2. The maximum absolute atomic E-state index is 13.1. The summed E-state index contributed by atoms with van der Waals surface area (Å²) in [4.78, 5) is 0. The van der Waals surface area contributed by atoms with E-state index in [2.05, 4.69) is 21.2 Å². The Morgan fingerprint density at radius 2 is 2.12 bits per heavy atom. The van der Waals surface area contributed by atoms with Crippen molar-refractivity contribution in [3.05, 3.63) is 34.1 Å². The summed E-state index contributed by atoms with van der Waals surface area (Å²) in [6, 6.07) is 4.18. The van der Waals surface area contributed by atoms with Crippen LogP contribution in [0.15, 0.2) is 22.7 Å². The first-order chi connectivity index (χ1) is 7.81. The molecule has 0 aliphatic heterocycles. The van der Waals surface area contributed by atoms with Gasteiger partial charge in [0.1, 0.15) is 15.7 Å². The minimum absolute atomic E-state index is 0.0342. The van der Waals surface area contributed by atoms with Crippen LogP contribution in [0.3, 0.4) is 0 Å². The molecule has 0 saturated carbocycles. The molecule has 6 heteroatoms. The predicted octanol–water partition coefficient (Wildman–Crippen LogP) is 1.76. The molecule has 1 unspecified atom stereocenters. The quantitative estimate of drug-likeness (QED) is 0.898. The highest BCUT2D eigenvalue weighted by atomic mass is 79.9. The van der Waals surface area contributed by atoms with E-state index in [1.54, 1.807) is 13.1 Å². The third kappa shape index (κ3) is 5.14. The Morgan fingerprint density at radius 1 is 1.47 bits per heavy atom. The van der Waals surface area contributed by atoms with Crippen molar-refractivity contribution in [3.63, 3.8) is 0 Å². The van der Waals surface area contributed by atoms with Gasteiger partial charge in [0.25, 0.3) is 0 Å². The summed E-state index contributed by atoms with van der Waals surface area (Å²) in [5, 5.41) is 2.93. The SMILES string of the molecule is CNC(Cc1cc(F)ccc1Br)CS(C)(=O)=O. The average Bonchev–Trinajstić information content (AvgIpc) is 2.20. The zero-order valence-electron chi connectivity index (χ0n) is 9.70. The lowest BCUT2D eigenvalue weighted by atomic mass is 10.1. The van der Waals surface area contributed by atoms with E-state index in [4.69, 9.17) is 0 Å². The molecule has 0 heterocycles. The molecule has 96 valence electrons. The van der Waals surface area contributed by atoms with Gasteiger partial charge in [-0.25, -0.2) is 12.8 Å². The van der Waals surface area contributed by atoms with E-state index in [9.17, 15) is 12.8 Å². The van der Waals surface area contributed by atoms with E-state index < -0.39 is 9.84 Å². The van der Waals surface area contributed by atoms with Gasteiger partial charge in [0.05, 0.1) is 5.75 Å². The Hall–Kier alpha value is -0.460. The average molecular weight is 324 g/mol. The lowest BCUT2D eigenvalue weighted by Gasteiger charge is -2.16. The van der Waals surface area contributed by atoms with Crippen molar-refractivity contribution < 1.29 is 12.8 Å². The second kappa shape index (κ2) is 5.93. The highest BCUT2D eigenvalue weighted by Gasteiger charge is 2.15. The summed E-state index contributed by atoms with van der Waals surface area (Å²) in [6.45, 7) is 0.